The summed E-state index contributed by atoms with van der Waals surface area (Å²) in [7, 11) is 0. The van der Waals surface area contributed by atoms with Crippen LogP contribution in [0.3, 0.4) is 0 Å². The Hall–Kier alpha value is -3.42. The molecule has 2 heterocycles. The van der Waals surface area contributed by atoms with E-state index in [1.807, 2.05) is 39.0 Å². The number of hydrogen-bond donors (Lipinski definition) is 1. The van der Waals surface area contributed by atoms with E-state index < -0.39 is 12.1 Å². The molecule has 0 saturated carbocycles. The summed E-state index contributed by atoms with van der Waals surface area (Å²) in [6.45, 7) is 8.37. The third-order valence-corrected chi connectivity index (χ3v) is 4.32. The predicted octanol–water partition coefficient (Wildman–Crippen LogP) is 4.34. The van der Waals surface area contributed by atoms with Gasteiger partial charge < -0.3 is 9.47 Å². The van der Waals surface area contributed by atoms with Crippen molar-refractivity contribution in [3.05, 3.63) is 47.8 Å². The molecule has 0 aliphatic heterocycles. The first kappa shape index (κ1) is 21.3. The molecule has 0 unspecified atom stereocenters. The lowest BCUT2D eigenvalue weighted by atomic mass is 10.1. The first-order chi connectivity index (χ1) is 14.4. The lowest BCUT2D eigenvalue weighted by Gasteiger charge is -2.09. The Kier molecular flexibility index (Phi) is 6.66. The van der Waals surface area contributed by atoms with Crippen LogP contribution in [0.5, 0.6) is 0 Å². The molecule has 2 aromatic heterocycles. The molecule has 1 amide bonds. The number of anilines is 1. The van der Waals surface area contributed by atoms with E-state index in [2.05, 4.69) is 15.4 Å². The molecule has 158 valence electrons. The van der Waals surface area contributed by atoms with Gasteiger partial charge in [-0.1, -0.05) is 32.9 Å². The van der Waals surface area contributed by atoms with Crippen LogP contribution >= 0.6 is 0 Å². The molecule has 0 bridgehead atoms. The van der Waals surface area contributed by atoms with Gasteiger partial charge in [-0.2, -0.15) is 5.10 Å². The van der Waals surface area contributed by atoms with Gasteiger partial charge in [0, 0.05) is 23.0 Å². The van der Waals surface area contributed by atoms with Crippen LogP contribution in [0.15, 0.2) is 36.4 Å². The number of aryl methyl sites for hydroxylation is 1. The van der Waals surface area contributed by atoms with Gasteiger partial charge in [0.05, 0.1) is 18.9 Å². The number of rotatable bonds is 7. The summed E-state index contributed by atoms with van der Waals surface area (Å²) in [4.78, 5) is 28.3. The van der Waals surface area contributed by atoms with Crippen LogP contribution in [0.25, 0.3) is 16.9 Å². The summed E-state index contributed by atoms with van der Waals surface area (Å²) in [6, 6.07) is 10.8. The van der Waals surface area contributed by atoms with Crippen LogP contribution in [0.4, 0.5) is 10.5 Å². The highest BCUT2D eigenvalue weighted by Crippen LogP contribution is 2.23. The average molecular weight is 410 g/mol. The maximum Gasteiger partial charge on any atom is 0.411 e. The van der Waals surface area contributed by atoms with Gasteiger partial charge in [0.25, 0.3) is 0 Å². The van der Waals surface area contributed by atoms with Crippen molar-refractivity contribution in [2.75, 3.05) is 18.5 Å². The molecule has 8 heteroatoms. The van der Waals surface area contributed by atoms with E-state index in [0.717, 1.165) is 11.3 Å². The molecular weight excluding hydrogens is 384 g/mol. The highest BCUT2D eigenvalue weighted by atomic mass is 16.5. The largest absolute Gasteiger partial charge is 0.461 e. The lowest BCUT2D eigenvalue weighted by Crippen LogP contribution is -2.16. The van der Waals surface area contributed by atoms with E-state index in [1.54, 1.807) is 29.6 Å². The van der Waals surface area contributed by atoms with E-state index in [4.69, 9.17) is 9.47 Å². The number of fused-ring (bicyclic) bond motifs is 1. The summed E-state index contributed by atoms with van der Waals surface area (Å²) < 4.78 is 11.9. The number of carbonyl (C=O) groups is 2. The smallest absolute Gasteiger partial charge is 0.411 e. The van der Waals surface area contributed by atoms with Gasteiger partial charge in [-0.3, -0.25) is 5.32 Å². The monoisotopic (exact) mass is 410 g/mol. The second-order valence-electron chi connectivity index (χ2n) is 7.20. The van der Waals surface area contributed by atoms with Gasteiger partial charge in [0.1, 0.15) is 0 Å². The zero-order chi connectivity index (χ0) is 21.7. The van der Waals surface area contributed by atoms with Gasteiger partial charge in [-0.05, 0) is 37.5 Å². The van der Waals surface area contributed by atoms with Crippen LogP contribution in [-0.2, 0) is 15.9 Å². The van der Waals surface area contributed by atoms with Gasteiger partial charge in [0.15, 0.2) is 11.3 Å². The van der Waals surface area contributed by atoms with Crippen molar-refractivity contribution in [3.8, 4) is 11.3 Å². The van der Waals surface area contributed by atoms with E-state index in [-0.39, 0.29) is 11.6 Å². The Morgan fingerprint density at radius 2 is 1.83 bits per heavy atom. The molecule has 0 spiro atoms. The molecule has 0 aliphatic carbocycles. The fraction of sp³-hybridized carbons (Fsp3) is 0.364. The second-order valence-corrected chi connectivity index (χ2v) is 7.20. The number of nitrogens with one attached hydrogen (secondary N) is 1. The number of aromatic nitrogens is 3. The number of nitrogens with zero attached hydrogens (tertiary/aromatic N) is 3. The van der Waals surface area contributed by atoms with E-state index in [0.29, 0.717) is 36.7 Å². The zero-order valence-electron chi connectivity index (χ0n) is 17.6. The van der Waals surface area contributed by atoms with Crippen molar-refractivity contribution < 1.29 is 19.1 Å². The summed E-state index contributed by atoms with van der Waals surface area (Å²) in [5.74, 6) is -0.170. The van der Waals surface area contributed by atoms with E-state index in [9.17, 15) is 9.59 Å². The van der Waals surface area contributed by atoms with Gasteiger partial charge in [-0.15, -0.1) is 0 Å². The number of ether oxygens (including phenoxy) is 2. The summed E-state index contributed by atoms with van der Waals surface area (Å²) in [6.07, 6.45) is 0.209. The maximum atomic E-state index is 12.1. The molecule has 0 saturated heterocycles. The summed E-state index contributed by atoms with van der Waals surface area (Å²) in [5.41, 5.74) is 3.92. The van der Waals surface area contributed by atoms with Crippen LogP contribution in [0, 0.1) is 5.92 Å². The molecule has 0 radical (unpaired) electrons. The fourth-order valence-electron chi connectivity index (χ4n) is 2.86. The first-order valence-corrected chi connectivity index (χ1v) is 10.0. The summed E-state index contributed by atoms with van der Waals surface area (Å²) >= 11 is 0. The standard InChI is InChI=1S/C22H26N4O4/c1-5-17-11-19(21(27)29-6-2)24-20-12-18(25-26(17)20)15-7-9-16(10-8-15)23-22(28)30-13-14(3)4/h7-12,14H,5-6,13H2,1-4H3,(H,23,28). The first-order valence-electron chi connectivity index (χ1n) is 10.0. The average Bonchev–Trinajstić information content (AvgIpc) is 3.16. The minimum atomic E-state index is -0.479. The van der Waals surface area contributed by atoms with Crippen LogP contribution in [-0.4, -0.2) is 39.9 Å². The van der Waals surface area contributed by atoms with Crippen molar-refractivity contribution in [1.29, 1.82) is 0 Å². The SMILES string of the molecule is CCOC(=O)c1cc(CC)n2nc(-c3ccc(NC(=O)OCC(C)C)cc3)cc2n1. The van der Waals surface area contributed by atoms with Crippen LogP contribution < -0.4 is 5.32 Å². The fourth-order valence-corrected chi connectivity index (χ4v) is 2.86. The third-order valence-electron chi connectivity index (χ3n) is 4.32. The molecule has 0 fully saturated rings. The topological polar surface area (TPSA) is 94.8 Å². The number of hydrogen-bond acceptors (Lipinski definition) is 6. The van der Waals surface area contributed by atoms with Crippen molar-refractivity contribution >= 4 is 23.4 Å². The molecule has 0 atom stereocenters. The van der Waals surface area contributed by atoms with Crippen LogP contribution in [0.2, 0.25) is 0 Å². The van der Waals surface area contributed by atoms with Crippen molar-refractivity contribution in [2.24, 2.45) is 5.92 Å². The zero-order valence-corrected chi connectivity index (χ0v) is 17.6. The molecule has 1 aromatic carbocycles. The number of carbonyl (C=O) groups excluding carboxylic acids is 2. The van der Waals surface area contributed by atoms with Crippen molar-refractivity contribution in [1.82, 2.24) is 14.6 Å². The molecule has 1 N–H and O–H groups in total. The summed E-state index contributed by atoms with van der Waals surface area (Å²) in [5, 5.41) is 7.33. The van der Waals surface area contributed by atoms with E-state index in [1.165, 1.54) is 0 Å². The van der Waals surface area contributed by atoms with Crippen molar-refractivity contribution in [3.63, 3.8) is 0 Å². The number of amides is 1. The Balaban J connectivity index is 1.82. The normalized spacial score (nSPS) is 11.0. The lowest BCUT2D eigenvalue weighted by molar-refractivity contribution is 0.0519. The third kappa shape index (κ3) is 4.94. The highest BCUT2D eigenvalue weighted by molar-refractivity contribution is 5.88. The minimum Gasteiger partial charge on any atom is -0.461 e. The molecular formula is C22H26N4O4. The van der Waals surface area contributed by atoms with Gasteiger partial charge in [0.2, 0.25) is 0 Å². The van der Waals surface area contributed by atoms with Crippen molar-refractivity contribution in [2.45, 2.75) is 34.1 Å². The molecule has 3 aromatic rings. The maximum absolute atomic E-state index is 12.1. The molecule has 3 rings (SSSR count). The predicted molar refractivity (Wildman–Crippen MR) is 114 cm³/mol. The second kappa shape index (κ2) is 9.39. The highest BCUT2D eigenvalue weighted by Gasteiger charge is 2.15. The quantitative estimate of drug-likeness (QED) is 0.582. The van der Waals surface area contributed by atoms with Gasteiger partial charge >= 0.3 is 12.1 Å². The number of esters is 1. The van der Waals surface area contributed by atoms with E-state index >= 15 is 0 Å². The Morgan fingerprint density at radius 3 is 2.47 bits per heavy atom. The number of benzene rings is 1. The van der Waals surface area contributed by atoms with Crippen LogP contribution in [0.1, 0.15) is 43.9 Å². The molecule has 0 aliphatic rings. The Labute approximate surface area is 175 Å². The van der Waals surface area contributed by atoms with Gasteiger partial charge in [-0.25, -0.2) is 19.1 Å². The minimum absolute atomic E-state index is 0.270. The molecule has 30 heavy (non-hydrogen) atoms. The Bertz CT molecular complexity index is 1040. The molecule has 8 nitrogen and oxygen atoms in total. The Morgan fingerprint density at radius 1 is 1.10 bits per heavy atom.